The molecular formula is C14H19ClN4O. The molecule has 3 N–H and O–H groups in total. The number of nitrogens with zero attached hydrogens (tertiary/aromatic N) is 2. The van der Waals surface area contributed by atoms with Gasteiger partial charge in [-0.15, -0.1) is 0 Å². The van der Waals surface area contributed by atoms with E-state index in [9.17, 15) is 0 Å². The Morgan fingerprint density at radius 2 is 2.25 bits per heavy atom. The normalized spacial score (nSPS) is 12.6. The average molecular weight is 295 g/mol. The molecular weight excluding hydrogens is 276 g/mol. The second-order valence-electron chi connectivity index (χ2n) is 4.57. The van der Waals surface area contributed by atoms with Crippen molar-refractivity contribution in [1.82, 2.24) is 15.2 Å². The first-order chi connectivity index (χ1) is 9.67. The number of hydrogen-bond acceptors (Lipinski definition) is 4. The van der Waals surface area contributed by atoms with Crippen LogP contribution in [0, 0.1) is 6.92 Å². The predicted octanol–water partition coefficient (Wildman–Crippen LogP) is 2.04. The number of nitrogens with one attached hydrogen (secondary N) is 1. The van der Waals surface area contributed by atoms with Crippen LogP contribution in [0.4, 0.5) is 0 Å². The summed E-state index contributed by atoms with van der Waals surface area (Å²) in [5, 5.41) is 5.03. The van der Waals surface area contributed by atoms with E-state index in [2.05, 4.69) is 10.5 Å². The van der Waals surface area contributed by atoms with Crippen LogP contribution in [0.1, 0.15) is 22.9 Å². The molecule has 0 aliphatic carbocycles. The second kappa shape index (κ2) is 6.85. The Balaban J connectivity index is 2.34. The van der Waals surface area contributed by atoms with Gasteiger partial charge in [0.15, 0.2) is 0 Å². The fraction of sp³-hybridized carbons (Fsp3) is 0.357. The zero-order valence-corrected chi connectivity index (χ0v) is 12.4. The van der Waals surface area contributed by atoms with Gasteiger partial charge in [0.2, 0.25) is 0 Å². The number of rotatable bonds is 6. The lowest BCUT2D eigenvalue weighted by atomic mass is 9.99. The van der Waals surface area contributed by atoms with Crippen molar-refractivity contribution in [3.05, 3.63) is 52.3 Å². The summed E-state index contributed by atoms with van der Waals surface area (Å²) in [4.78, 5) is 0. The lowest BCUT2D eigenvalue weighted by molar-refractivity contribution is 0.182. The first-order valence-electron chi connectivity index (χ1n) is 6.40. The van der Waals surface area contributed by atoms with E-state index in [1.165, 1.54) is 0 Å². The Bertz CT molecular complexity index is 570. The zero-order chi connectivity index (χ0) is 14.5. The van der Waals surface area contributed by atoms with Crippen LogP contribution in [0.25, 0.3) is 0 Å². The van der Waals surface area contributed by atoms with Crippen LogP contribution in [0.15, 0.2) is 30.5 Å². The molecule has 0 radical (unpaired) electrons. The van der Waals surface area contributed by atoms with E-state index in [1.807, 2.05) is 35.9 Å². The molecule has 0 spiro atoms. The first-order valence-corrected chi connectivity index (χ1v) is 6.78. The number of aromatic nitrogens is 2. The quantitative estimate of drug-likeness (QED) is 0.632. The molecule has 108 valence electrons. The molecule has 2 rings (SSSR count). The fourth-order valence-electron chi connectivity index (χ4n) is 2.25. The summed E-state index contributed by atoms with van der Waals surface area (Å²) in [6.45, 7) is 3.30. The summed E-state index contributed by atoms with van der Waals surface area (Å²) < 4.78 is 6.99. The summed E-state index contributed by atoms with van der Waals surface area (Å²) in [5.41, 5.74) is 6.01. The van der Waals surface area contributed by atoms with Gasteiger partial charge in [-0.05, 0) is 36.2 Å². The summed E-state index contributed by atoms with van der Waals surface area (Å²) in [6.07, 6.45) is 1.76. The molecule has 0 amide bonds. The molecule has 2 aromatic rings. The number of nitrogens with two attached hydrogens (primary N) is 1. The number of methoxy groups -OCH3 is 1. The Labute approximate surface area is 123 Å². The van der Waals surface area contributed by atoms with Crippen LogP contribution in [0.5, 0.6) is 0 Å². The molecule has 0 aliphatic rings. The van der Waals surface area contributed by atoms with Crippen LogP contribution in [0.3, 0.4) is 0 Å². The molecule has 5 nitrogen and oxygen atoms in total. The third-order valence-electron chi connectivity index (χ3n) is 3.26. The highest BCUT2D eigenvalue weighted by molar-refractivity contribution is 6.30. The van der Waals surface area contributed by atoms with Crippen LogP contribution in [-0.2, 0) is 11.3 Å². The third kappa shape index (κ3) is 3.19. The van der Waals surface area contributed by atoms with Gasteiger partial charge < -0.3 is 4.74 Å². The van der Waals surface area contributed by atoms with Crippen molar-refractivity contribution in [3.63, 3.8) is 0 Å². The molecule has 6 heteroatoms. The standard InChI is InChI=1S/C14H19ClN4O/c1-10-9-11(15)3-4-12(10)14(18-16)13-5-6-17-19(13)7-8-20-2/h3-6,9,14,18H,7-8,16H2,1-2H3. The van der Waals surface area contributed by atoms with E-state index in [-0.39, 0.29) is 6.04 Å². The maximum absolute atomic E-state index is 6.00. The van der Waals surface area contributed by atoms with E-state index in [1.54, 1.807) is 13.3 Å². The van der Waals surface area contributed by atoms with Gasteiger partial charge >= 0.3 is 0 Å². The maximum Gasteiger partial charge on any atom is 0.0880 e. The molecule has 1 aromatic heterocycles. The SMILES string of the molecule is COCCn1nccc1C(NN)c1ccc(Cl)cc1C. The monoisotopic (exact) mass is 294 g/mol. The van der Waals surface area contributed by atoms with Crippen molar-refractivity contribution in [3.8, 4) is 0 Å². The number of aryl methyl sites for hydroxylation is 1. The highest BCUT2D eigenvalue weighted by Gasteiger charge is 2.18. The summed E-state index contributed by atoms with van der Waals surface area (Å²) in [6, 6.07) is 7.59. The molecule has 1 heterocycles. The van der Waals surface area contributed by atoms with Crippen molar-refractivity contribution >= 4 is 11.6 Å². The average Bonchev–Trinajstić information content (AvgIpc) is 2.88. The van der Waals surface area contributed by atoms with E-state index in [0.717, 1.165) is 21.8 Å². The maximum atomic E-state index is 6.00. The Morgan fingerprint density at radius 1 is 1.45 bits per heavy atom. The first kappa shape index (κ1) is 15.0. The molecule has 0 bridgehead atoms. The van der Waals surface area contributed by atoms with Gasteiger partial charge in [0.25, 0.3) is 0 Å². The van der Waals surface area contributed by atoms with E-state index in [4.69, 9.17) is 22.2 Å². The lowest BCUT2D eigenvalue weighted by Crippen LogP contribution is -2.31. The lowest BCUT2D eigenvalue weighted by Gasteiger charge is -2.20. The molecule has 1 atom stereocenters. The number of benzene rings is 1. The Kier molecular flexibility index (Phi) is 5.14. The summed E-state index contributed by atoms with van der Waals surface area (Å²) in [7, 11) is 1.67. The molecule has 20 heavy (non-hydrogen) atoms. The number of hydrazine groups is 1. The topological polar surface area (TPSA) is 65.1 Å². The van der Waals surface area contributed by atoms with Crippen LogP contribution in [-0.4, -0.2) is 23.5 Å². The van der Waals surface area contributed by atoms with Crippen LogP contribution in [0.2, 0.25) is 5.02 Å². The van der Waals surface area contributed by atoms with Crippen molar-refractivity contribution in [2.45, 2.75) is 19.5 Å². The van der Waals surface area contributed by atoms with Crippen molar-refractivity contribution in [2.24, 2.45) is 5.84 Å². The zero-order valence-electron chi connectivity index (χ0n) is 11.6. The van der Waals surface area contributed by atoms with Crippen LogP contribution < -0.4 is 11.3 Å². The number of hydrogen-bond donors (Lipinski definition) is 2. The minimum atomic E-state index is -0.133. The van der Waals surface area contributed by atoms with Gasteiger partial charge in [-0.1, -0.05) is 17.7 Å². The predicted molar refractivity (Wildman–Crippen MR) is 79.5 cm³/mol. The van der Waals surface area contributed by atoms with E-state index in [0.29, 0.717) is 13.2 Å². The van der Waals surface area contributed by atoms with Gasteiger partial charge in [0.1, 0.15) is 0 Å². The largest absolute Gasteiger partial charge is 0.383 e. The molecule has 0 fully saturated rings. The minimum Gasteiger partial charge on any atom is -0.383 e. The van der Waals surface area contributed by atoms with Gasteiger partial charge in [0.05, 0.1) is 24.9 Å². The summed E-state index contributed by atoms with van der Waals surface area (Å²) in [5.74, 6) is 5.75. The molecule has 0 aliphatic heterocycles. The van der Waals surface area contributed by atoms with E-state index >= 15 is 0 Å². The second-order valence-corrected chi connectivity index (χ2v) is 5.01. The van der Waals surface area contributed by atoms with Gasteiger partial charge in [-0.2, -0.15) is 5.10 Å². The van der Waals surface area contributed by atoms with Crippen molar-refractivity contribution < 1.29 is 4.74 Å². The minimum absolute atomic E-state index is 0.133. The van der Waals surface area contributed by atoms with Crippen molar-refractivity contribution in [2.75, 3.05) is 13.7 Å². The molecule has 0 saturated carbocycles. The molecule has 0 saturated heterocycles. The highest BCUT2D eigenvalue weighted by atomic mass is 35.5. The van der Waals surface area contributed by atoms with Crippen LogP contribution >= 0.6 is 11.6 Å². The van der Waals surface area contributed by atoms with E-state index < -0.39 is 0 Å². The fourth-order valence-corrected chi connectivity index (χ4v) is 2.48. The molecule has 1 aromatic carbocycles. The molecule has 1 unspecified atom stereocenters. The smallest absolute Gasteiger partial charge is 0.0880 e. The Hall–Kier alpha value is -1.40. The third-order valence-corrected chi connectivity index (χ3v) is 3.50. The van der Waals surface area contributed by atoms with Gasteiger partial charge in [-0.25, -0.2) is 5.43 Å². The Morgan fingerprint density at radius 3 is 2.90 bits per heavy atom. The summed E-state index contributed by atoms with van der Waals surface area (Å²) >= 11 is 6.00. The number of ether oxygens (including phenoxy) is 1. The van der Waals surface area contributed by atoms with Gasteiger partial charge in [-0.3, -0.25) is 10.5 Å². The van der Waals surface area contributed by atoms with Gasteiger partial charge in [0, 0.05) is 18.3 Å². The number of halogens is 1. The van der Waals surface area contributed by atoms with Crippen molar-refractivity contribution in [1.29, 1.82) is 0 Å². The highest BCUT2D eigenvalue weighted by Crippen LogP contribution is 2.26.